The minimum Gasteiger partial charge on any atom is -0.317 e. The number of rotatable bonds is 28. The molecule has 3 N–H and O–H groups in total. The monoisotopic (exact) mass is 454 g/mol. The van der Waals surface area contributed by atoms with Crippen LogP contribution in [0.1, 0.15) is 149 Å². The fraction of sp³-hybridized carbons (Fsp3) is 1.00. The normalized spacial score (nSPS) is 11.6. The Morgan fingerprint density at radius 1 is 0.375 bits per heavy atom. The molecule has 0 atom stereocenters. The first-order chi connectivity index (χ1) is 15.8. The minimum atomic E-state index is 0.637. The van der Waals surface area contributed by atoms with Gasteiger partial charge in [0.2, 0.25) is 0 Å². The van der Waals surface area contributed by atoms with Crippen molar-refractivity contribution in [2.75, 3.05) is 32.7 Å². The zero-order chi connectivity index (χ0) is 23.4. The lowest BCUT2D eigenvalue weighted by Crippen LogP contribution is -2.23. The van der Waals surface area contributed by atoms with Gasteiger partial charge in [-0.3, -0.25) is 0 Å². The van der Waals surface area contributed by atoms with Crippen LogP contribution in [0, 0.1) is 0 Å². The Bertz CT molecular complexity index is 320. The van der Waals surface area contributed by atoms with Crippen molar-refractivity contribution in [3.8, 4) is 0 Å². The maximum Gasteiger partial charge on any atom is 0.00103 e. The van der Waals surface area contributed by atoms with Crippen molar-refractivity contribution >= 4 is 0 Å². The van der Waals surface area contributed by atoms with Crippen molar-refractivity contribution in [2.45, 2.75) is 155 Å². The summed E-state index contributed by atoms with van der Waals surface area (Å²) in [6.07, 6.45) is 28.1. The van der Waals surface area contributed by atoms with Crippen molar-refractivity contribution in [3.05, 3.63) is 0 Å². The van der Waals surface area contributed by atoms with Crippen LogP contribution in [0.15, 0.2) is 0 Å². The van der Waals surface area contributed by atoms with Crippen molar-refractivity contribution in [1.82, 2.24) is 16.0 Å². The van der Waals surface area contributed by atoms with Gasteiger partial charge in [-0.2, -0.15) is 0 Å². The maximum atomic E-state index is 3.65. The molecular formula is C29H63N3. The van der Waals surface area contributed by atoms with Gasteiger partial charge in [0.1, 0.15) is 0 Å². The van der Waals surface area contributed by atoms with Crippen molar-refractivity contribution in [2.24, 2.45) is 0 Å². The first-order valence-electron chi connectivity index (χ1n) is 14.9. The summed E-state index contributed by atoms with van der Waals surface area (Å²) in [4.78, 5) is 0. The molecule has 0 saturated heterocycles. The van der Waals surface area contributed by atoms with Crippen LogP contribution in [-0.4, -0.2) is 38.8 Å². The number of hydrogen-bond donors (Lipinski definition) is 3. The van der Waals surface area contributed by atoms with Crippen LogP contribution in [0.2, 0.25) is 0 Å². The molecule has 0 aromatic rings. The molecule has 0 fully saturated rings. The minimum absolute atomic E-state index is 0.637. The molecule has 0 aliphatic carbocycles. The van der Waals surface area contributed by atoms with Gasteiger partial charge < -0.3 is 16.0 Å². The van der Waals surface area contributed by atoms with Gasteiger partial charge in [-0.05, 0) is 64.8 Å². The highest BCUT2D eigenvalue weighted by Gasteiger charge is 1.96. The predicted octanol–water partition coefficient (Wildman–Crippen LogP) is 7.99. The fourth-order valence-corrected chi connectivity index (χ4v) is 4.31. The maximum absolute atomic E-state index is 3.65. The number of hydrogen-bond acceptors (Lipinski definition) is 3. The van der Waals surface area contributed by atoms with Crippen LogP contribution in [0.4, 0.5) is 0 Å². The van der Waals surface area contributed by atoms with Gasteiger partial charge in [0.05, 0.1) is 0 Å². The van der Waals surface area contributed by atoms with Crippen molar-refractivity contribution in [3.63, 3.8) is 0 Å². The lowest BCUT2D eigenvalue weighted by Gasteiger charge is -2.07. The van der Waals surface area contributed by atoms with E-state index >= 15 is 0 Å². The van der Waals surface area contributed by atoms with Crippen LogP contribution in [0.25, 0.3) is 0 Å². The first-order valence-corrected chi connectivity index (χ1v) is 14.9. The standard InChI is InChI=1S/C29H63N3/c1-4-5-6-19-24-30-25-20-15-11-9-7-8-10-12-16-21-26-31-27-22-17-13-14-18-23-28-32-29(2)3/h29-32H,4-28H2,1-3H3. The SMILES string of the molecule is CCCCCCNCCCCCCCCCCCCNCCCCCCCCNC(C)C. The molecule has 0 bridgehead atoms. The van der Waals surface area contributed by atoms with Gasteiger partial charge >= 0.3 is 0 Å². The van der Waals surface area contributed by atoms with Crippen LogP contribution in [-0.2, 0) is 0 Å². The molecule has 0 aromatic heterocycles. The Morgan fingerprint density at radius 3 is 0.969 bits per heavy atom. The van der Waals surface area contributed by atoms with Crippen LogP contribution in [0.5, 0.6) is 0 Å². The number of unbranched alkanes of at least 4 members (excludes halogenated alkanes) is 17. The summed E-state index contributed by atoms with van der Waals surface area (Å²) in [5.74, 6) is 0. The molecule has 3 nitrogen and oxygen atoms in total. The summed E-state index contributed by atoms with van der Waals surface area (Å²) in [5, 5.41) is 10.7. The Balaban J connectivity index is 3.00. The first kappa shape index (κ1) is 31.9. The van der Waals surface area contributed by atoms with E-state index in [9.17, 15) is 0 Å². The molecule has 0 spiro atoms. The van der Waals surface area contributed by atoms with Gasteiger partial charge in [-0.15, -0.1) is 0 Å². The largest absolute Gasteiger partial charge is 0.317 e. The van der Waals surface area contributed by atoms with E-state index in [0.717, 1.165) is 0 Å². The highest BCUT2D eigenvalue weighted by Crippen LogP contribution is 2.10. The lowest BCUT2D eigenvalue weighted by atomic mass is 10.1. The fourth-order valence-electron chi connectivity index (χ4n) is 4.31. The molecule has 0 saturated carbocycles. The van der Waals surface area contributed by atoms with E-state index in [1.165, 1.54) is 161 Å². The third-order valence-corrected chi connectivity index (χ3v) is 6.50. The molecule has 0 rings (SSSR count). The Kier molecular flexibility index (Phi) is 28.8. The molecule has 0 amide bonds. The summed E-state index contributed by atoms with van der Waals surface area (Å²) in [6, 6.07) is 0.637. The van der Waals surface area contributed by atoms with E-state index in [1.807, 2.05) is 0 Å². The van der Waals surface area contributed by atoms with E-state index in [0.29, 0.717) is 6.04 Å². The van der Waals surface area contributed by atoms with E-state index in [-0.39, 0.29) is 0 Å². The second-order valence-corrected chi connectivity index (χ2v) is 10.3. The van der Waals surface area contributed by atoms with Crippen LogP contribution < -0.4 is 16.0 Å². The second-order valence-electron chi connectivity index (χ2n) is 10.3. The highest BCUT2D eigenvalue weighted by molar-refractivity contribution is 4.55. The summed E-state index contributed by atoms with van der Waals surface area (Å²) in [6.45, 7) is 12.8. The van der Waals surface area contributed by atoms with Gasteiger partial charge in [0.25, 0.3) is 0 Å². The van der Waals surface area contributed by atoms with Crippen molar-refractivity contribution < 1.29 is 0 Å². The molecule has 0 aliphatic heterocycles. The van der Waals surface area contributed by atoms with Crippen LogP contribution in [0.3, 0.4) is 0 Å². The summed E-state index contributed by atoms with van der Waals surface area (Å²) >= 11 is 0. The Morgan fingerprint density at radius 2 is 0.656 bits per heavy atom. The number of nitrogens with one attached hydrogen (secondary N) is 3. The Labute approximate surface area is 204 Å². The molecule has 0 aliphatic rings. The smallest absolute Gasteiger partial charge is 0.00103 e. The van der Waals surface area contributed by atoms with E-state index in [4.69, 9.17) is 0 Å². The van der Waals surface area contributed by atoms with Gasteiger partial charge in [-0.1, -0.05) is 117 Å². The average molecular weight is 454 g/mol. The molecule has 0 heterocycles. The molecule has 194 valence electrons. The summed E-state index contributed by atoms with van der Waals surface area (Å²) in [7, 11) is 0. The van der Waals surface area contributed by atoms with Crippen LogP contribution >= 0.6 is 0 Å². The van der Waals surface area contributed by atoms with E-state index < -0.39 is 0 Å². The zero-order valence-electron chi connectivity index (χ0n) is 22.8. The lowest BCUT2D eigenvalue weighted by molar-refractivity contribution is 0.516. The third kappa shape index (κ3) is 29.9. The van der Waals surface area contributed by atoms with E-state index in [1.54, 1.807) is 0 Å². The van der Waals surface area contributed by atoms with Crippen molar-refractivity contribution in [1.29, 1.82) is 0 Å². The highest BCUT2D eigenvalue weighted by atomic mass is 14.9. The predicted molar refractivity (Wildman–Crippen MR) is 147 cm³/mol. The quantitative estimate of drug-likeness (QED) is 0.105. The second kappa shape index (κ2) is 28.9. The molecular weight excluding hydrogens is 390 g/mol. The molecule has 32 heavy (non-hydrogen) atoms. The summed E-state index contributed by atoms with van der Waals surface area (Å²) < 4.78 is 0. The van der Waals surface area contributed by atoms with Gasteiger partial charge in [-0.25, -0.2) is 0 Å². The molecule has 0 unspecified atom stereocenters. The van der Waals surface area contributed by atoms with Gasteiger partial charge in [0.15, 0.2) is 0 Å². The molecule has 3 heteroatoms. The molecule has 0 radical (unpaired) electrons. The topological polar surface area (TPSA) is 36.1 Å². The molecule has 0 aromatic carbocycles. The summed E-state index contributed by atoms with van der Waals surface area (Å²) in [5.41, 5.74) is 0. The van der Waals surface area contributed by atoms with Gasteiger partial charge in [0, 0.05) is 6.04 Å². The zero-order valence-corrected chi connectivity index (χ0v) is 22.8. The Hall–Kier alpha value is -0.120. The van der Waals surface area contributed by atoms with E-state index in [2.05, 4.69) is 36.7 Å². The third-order valence-electron chi connectivity index (χ3n) is 6.50. The average Bonchev–Trinajstić information content (AvgIpc) is 2.78.